The molecule has 0 saturated heterocycles. The first-order valence-corrected chi connectivity index (χ1v) is 8.25. The lowest BCUT2D eigenvalue weighted by atomic mass is 10.2. The molecule has 0 fully saturated rings. The highest BCUT2D eigenvalue weighted by atomic mass is 16.5. The van der Waals surface area contributed by atoms with E-state index in [0.29, 0.717) is 41.9 Å². The summed E-state index contributed by atoms with van der Waals surface area (Å²) in [5, 5.41) is 6.33. The summed E-state index contributed by atoms with van der Waals surface area (Å²) >= 11 is 0. The maximum absolute atomic E-state index is 12.0. The van der Waals surface area contributed by atoms with E-state index in [0.717, 1.165) is 0 Å². The highest BCUT2D eigenvalue weighted by Crippen LogP contribution is 2.30. The van der Waals surface area contributed by atoms with Gasteiger partial charge in [-0.05, 0) is 39.8 Å². The molecule has 140 valence electrons. The first-order valence-electron chi connectivity index (χ1n) is 8.25. The van der Waals surface area contributed by atoms with Crippen molar-refractivity contribution in [3.05, 3.63) is 35.2 Å². The molecule has 1 heterocycles. The Kier molecular flexibility index (Phi) is 6.60. The van der Waals surface area contributed by atoms with E-state index in [-0.39, 0.29) is 5.56 Å². The normalized spacial score (nSPS) is 10.3. The van der Waals surface area contributed by atoms with Crippen LogP contribution in [0.15, 0.2) is 22.7 Å². The van der Waals surface area contributed by atoms with Crippen molar-refractivity contribution in [3.8, 4) is 11.5 Å². The van der Waals surface area contributed by atoms with Crippen molar-refractivity contribution in [3.63, 3.8) is 0 Å². The molecular formula is C18H22N2O6. The number of benzene rings is 1. The van der Waals surface area contributed by atoms with Gasteiger partial charge >= 0.3 is 5.97 Å². The Morgan fingerprint density at radius 2 is 1.81 bits per heavy atom. The van der Waals surface area contributed by atoms with E-state index in [2.05, 4.69) is 10.5 Å². The number of aryl methyl sites for hydroxylation is 2. The van der Waals surface area contributed by atoms with Crippen LogP contribution in [0.1, 0.15) is 35.7 Å². The number of nitrogens with one attached hydrogen (secondary N) is 1. The molecule has 0 aliphatic carbocycles. The Labute approximate surface area is 151 Å². The zero-order chi connectivity index (χ0) is 19.1. The Balaban J connectivity index is 1.97. The van der Waals surface area contributed by atoms with E-state index >= 15 is 0 Å². The van der Waals surface area contributed by atoms with Crippen molar-refractivity contribution in [2.24, 2.45) is 0 Å². The molecule has 8 heteroatoms. The number of esters is 1. The second-order valence-corrected chi connectivity index (χ2v) is 5.35. The zero-order valence-corrected chi connectivity index (χ0v) is 15.3. The molecule has 1 aromatic carbocycles. The summed E-state index contributed by atoms with van der Waals surface area (Å²) in [5.74, 6) is 0.340. The molecule has 0 saturated carbocycles. The molecule has 0 radical (unpaired) electrons. The van der Waals surface area contributed by atoms with Crippen molar-refractivity contribution >= 4 is 17.6 Å². The SMILES string of the molecule is CCOc1ccc(NC(=O)COC(=O)c2c(C)noc2C)cc1OCC. The molecule has 2 aromatic rings. The summed E-state index contributed by atoms with van der Waals surface area (Å²) in [5.41, 5.74) is 1.16. The van der Waals surface area contributed by atoms with Gasteiger partial charge in [0, 0.05) is 11.8 Å². The summed E-state index contributed by atoms with van der Waals surface area (Å²) in [6, 6.07) is 5.05. The summed E-state index contributed by atoms with van der Waals surface area (Å²) in [6.45, 7) is 7.50. The second kappa shape index (κ2) is 8.89. The molecule has 0 atom stereocenters. The Morgan fingerprint density at radius 3 is 2.42 bits per heavy atom. The maximum Gasteiger partial charge on any atom is 0.344 e. The predicted molar refractivity (Wildman–Crippen MR) is 93.7 cm³/mol. The first-order chi connectivity index (χ1) is 12.5. The van der Waals surface area contributed by atoms with E-state index < -0.39 is 18.5 Å². The number of amides is 1. The third kappa shape index (κ3) is 4.75. The van der Waals surface area contributed by atoms with Crippen LogP contribution in [0.3, 0.4) is 0 Å². The number of hydrogen-bond donors (Lipinski definition) is 1. The topological polar surface area (TPSA) is 99.9 Å². The average Bonchev–Trinajstić information content (AvgIpc) is 2.94. The van der Waals surface area contributed by atoms with Crippen LogP contribution in [0.5, 0.6) is 11.5 Å². The van der Waals surface area contributed by atoms with Gasteiger partial charge in [0.2, 0.25) is 0 Å². The monoisotopic (exact) mass is 362 g/mol. The predicted octanol–water partition coefficient (Wildman–Crippen LogP) is 2.88. The molecule has 0 unspecified atom stereocenters. The van der Waals surface area contributed by atoms with Gasteiger partial charge in [0.15, 0.2) is 18.1 Å². The average molecular weight is 362 g/mol. The van der Waals surface area contributed by atoms with Gasteiger partial charge in [0.25, 0.3) is 5.91 Å². The van der Waals surface area contributed by atoms with E-state index in [1.165, 1.54) is 0 Å². The molecule has 1 amide bonds. The van der Waals surface area contributed by atoms with E-state index in [1.54, 1.807) is 32.0 Å². The molecule has 1 aromatic heterocycles. The molecule has 0 spiro atoms. The van der Waals surface area contributed by atoms with Gasteiger partial charge in [-0.1, -0.05) is 5.16 Å². The van der Waals surface area contributed by atoms with Crippen LogP contribution in [0, 0.1) is 13.8 Å². The minimum Gasteiger partial charge on any atom is -0.490 e. The van der Waals surface area contributed by atoms with E-state index in [9.17, 15) is 9.59 Å². The van der Waals surface area contributed by atoms with E-state index in [4.69, 9.17) is 18.7 Å². The van der Waals surface area contributed by atoms with Gasteiger partial charge < -0.3 is 24.1 Å². The number of carbonyl (C=O) groups is 2. The van der Waals surface area contributed by atoms with Crippen LogP contribution in [0.25, 0.3) is 0 Å². The first kappa shape index (κ1) is 19.3. The van der Waals surface area contributed by atoms with Crippen LogP contribution < -0.4 is 14.8 Å². The summed E-state index contributed by atoms with van der Waals surface area (Å²) in [7, 11) is 0. The highest BCUT2D eigenvalue weighted by molar-refractivity contribution is 5.96. The fraction of sp³-hybridized carbons (Fsp3) is 0.389. The molecule has 0 bridgehead atoms. The number of anilines is 1. The molecule has 1 N–H and O–H groups in total. The van der Waals surface area contributed by atoms with E-state index in [1.807, 2.05) is 13.8 Å². The number of rotatable bonds is 8. The van der Waals surface area contributed by atoms with Crippen molar-refractivity contribution in [2.75, 3.05) is 25.1 Å². The van der Waals surface area contributed by atoms with Crippen molar-refractivity contribution in [2.45, 2.75) is 27.7 Å². The molecule has 2 rings (SSSR count). The quantitative estimate of drug-likeness (QED) is 0.721. The summed E-state index contributed by atoms with van der Waals surface area (Å²) in [4.78, 5) is 24.1. The highest BCUT2D eigenvalue weighted by Gasteiger charge is 2.20. The van der Waals surface area contributed by atoms with Crippen LogP contribution in [-0.4, -0.2) is 36.9 Å². The summed E-state index contributed by atoms with van der Waals surface area (Å²) < 4.78 is 20.9. The number of nitrogens with zero attached hydrogens (tertiary/aromatic N) is 1. The summed E-state index contributed by atoms with van der Waals surface area (Å²) in [6.07, 6.45) is 0. The molecule has 26 heavy (non-hydrogen) atoms. The van der Waals surface area contributed by atoms with Crippen LogP contribution in [-0.2, 0) is 9.53 Å². The standard InChI is InChI=1S/C18H22N2O6/c1-5-23-14-8-7-13(9-15(14)24-6-2)19-16(21)10-25-18(22)17-11(3)20-26-12(17)4/h7-9H,5-6,10H2,1-4H3,(H,19,21). The zero-order valence-electron chi connectivity index (χ0n) is 15.3. The van der Waals surface area contributed by atoms with Crippen LogP contribution >= 0.6 is 0 Å². The Hall–Kier alpha value is -3.03. The number of aromatic nitrogens is 1. The number of hydrogen-bond acceptors (Lipinski definition) is 7. The second-order valence-electron chi connectivity index (χ2n) is 5.35. The van der Waals surface area contributed by atoms with Gasteiger partial charge in [-0.15, -0.1) is 0 Å². The maximum atomic E-state index is 12.0. The third-order valence-corrected chi connectivity index (χ3v) is 3.40. The van der Waals surface area contributed by atoms with Gasteiger partial charge in [-0.2, -0.15) is 0 Å². The number of ether oxygens (including phenoxy) is 3. The van der Waals surface area contributed by atoms with Gasteiger partial charge in [0.05, 0.1) is 18.9 Å². The van der Waals surface area contributed by atoms with Gasteiger partial charge in [-0.3, -0.25) is 4.79 Å². The van der Waals surface area contributed by atoms with Gasteiger partial charge in [-0.25, -0.2) is 4.79 Å². The molecular weight excluding hydrogens is 340 g/mol. The smallest absolute Gasteiger partial charge is 0.344 e. The molecule has 8 nitrogen and oxygen atoms in total. The van der Waals surface area contributed by atoms with Crippen molar-refractivity contribution in [1.29, 1.82) is 0 Å². The fourth-order valence-electron chi connectivity index (χ4n) is 2.30. The minimum atomic E-state index is -0.655. The third-order valence-electron chi connectivity index (χ3n) is 3.40. The Morgan fingerprint density at radius 1 is 1.12 bits per heavy atom. The van der Waals surface area contributed by atoms with Crippen molar-refractivity contribution in [1.82, 2.24) is 5.16 Å². The lowest BCUT2D eigenvalue weighted by molar-refractivity contribution is -0.119. The van der Waals surface area contributed by atoms with Gasteiger partial charge in [0.1, 0.15) is 11.3 Å². The minimum absolute atomic E-state index is 0.234. The Bertz CT molecular complexity index is 764. The van der Waals surface area contributed by atoms with Crippen LogP contribution in [0.2, 0.25) is 0 Å². The fourth-order valence-corrected chi connectivity index (χ4v) is 2.30. The number of carbonyl (C=O) groups excluding carboxylic acids is 2. The largest absolute Gasteiger partial charge is 0.490 e. The van der Waals surface area contributed by atoms with Crippen molar-refractivity contribution < 1.29 is 28.3 Å². The molecule has 0 aliphatic rings. The molecule has 0 aliphatic heterocycles. The lowest BCUT2D eigenvalue weighted by Crippen LogP contribution is -2.21. The van der Waals surface area contributed by atoms with Crippen LogP contribution in [0.4, 0.5) is 5.69 Å². The lowest BCUT2D eigenvalue weighted by Gasteiger charge is -2.13.